The molecule has 1 aliphatic carbocycles. The van der Waals surface area contributed by atoms with Gasteiger partial charge in [0.1, 0.15) is 0 Å². The van der Waals surface area contributed by atoms with Crippen LogP contribution in [-0.2, 0) is 6.42 Å². The SMILES string of the molecule is CCCN1C[C@@H](NC(=O)NCC)CC2c3cccc4[nH]c(C)c(c34)C[C@H]21. The summed E-state index contributed by atoms with van der Waals surface area (Å²) in [5.74, 6) is 0.480. The number of likely N-dealkylation sites (tertiary alicyclic amines) is 1. The quantitative estimate of drug-likeness (QED) is 0.789. The molecule has 26 heavy (non-hydrogen) atoms. The largest absolute Gasteiger partial charge is 0.358 e. The van der Waals surface area contributed by atoms with Crippen molar-refractivity contribution < 1.29 is 4.79 Å². The first-order valence-electron chi connectivity index (χ1n) is 10.0. The van der Waals surface area contributed by atoms with Crippen molar-refractivity contribution in [2.45, 2.75) is 58.0 Å². The maximum atomic E-state index is 12.1. The van der Waals surface area contributed by atoms with Crippen molar-refractivity contribution in [3.8, 4) is 0 Å². The maximum absolute atomic E-state index is 12.1. The molecule has 1 aromatic carbocycles. The summed E-state index contributed by atoms with van der Waals surface area (Å²) < 4.78 is 0. The number of amides is 2. The summed E-state index contributed by atoms with van der Waals surface area (Å²) in [5.41, 5.74) is 5.52. The molecule has 3 atom stereocenters. The highest BCUT2D eigenvalue weighted by Gasteiger charge is 2.41. The van der Waals surface area contributed by atoms with Gasteiger partial charge >= 0.3 is 6.03 Å². The van der Waals surface area contributed by atoms with Crippen LogP contribution in [0.5, 0.6) is 0 Å². The summed E-state index contributed by atoms with van der Waals surface area (Å²) in [6.07, 6.45) is 3.27. The fourth-order valence-corrected chi connectivity index (χ4v) is 5.11. The number of hydrogen-bond donors (Lipinski definition) is 3. The van der Waals surface area contributed by atoms with Crippen molar-refractivity contribution in [2.24, 2.45) is 0 Å². The Morgan fingerprint density at radius 3 is 2.96 bits per heavy atom. The van der Waals surface area contributed by atoms with E-state index in [1.54, 1.807) is 0 Å². The minimum absolute atomic E-state index is 0.0420. The lowest BCUT2D eigenvalue weighted by Gasteiger charge is -2.47. The molecule has 1 aliphatic heterocycles. The molecule has 5 heteroatoms. The van der Waals surface area contributed by atoms with Crippen LogP contribution in [0.1, 0.15) is 49.4 Å². The van der Waals surface area contributed by atoms with Crippen molar-refractivity contribution in [3.05, 3.63) is 35.0 Å². The molecule has 0 radical (unpaired) electrons. The Balaban J connectivity index is 1.69. The number of aryl methyl sites for hydroxylation is 1. The number of rotatable bonds is 4. The van der Waals surface area contributed by atoms with Gasteiger partial charge in [-0.15, -0.1) is 0 Å². The third-order valence-electron chi connectivity index (χ3n) is 6.10. The molecule has 1 aromatic heterocycles. The molecule has 0 spiro atoms. The number of aromatic nitrogens is 1. The van der Waals surface area contributed by atoms with E-state index >= 15 is 0 Å². The van der Waals surface area contributed by atoms with E-state index in [9.17, 15) is 4.79 Å². The zero-order valence-electron chi connectivity index (χ0n) is 16.1. The van der Waals surface area contributed by atoms with E-state index in [1.807, 2.05) is 6.92 Å². The molecule has 0 saturated carbocycles. The van der Waals surface area contributed by atoms with Gasteiger partial charge in [0.05, 0.1) is 0 Å². The van der Waals surface area contributed by atoms with Crippen LogP contribution in [0.4, 0.5) is 4.79 Å². The number of aromatic amines is 1. The molecule has 2 heterocycles. The highest BCUT2D eigenvalue weighted by molar-refractivity contribution is 5.89. The van der Waals surface area contributed by atoms with Crippen LogP contribution in [0.3, 0.4) is 0 Å². The molecule has 3 N–H and O–H groups in total. The van der Waals surface area contributed by atoms with Gasteiger partial charge in [-0.25, -0.2) is 4.79 Å². The Labute approximate surface area is 155 Å². The lowest BCUT2D eigenvalue weighted by atomic mass is 9.73. The van der Waals surface area contributed by atoms with Gasteiger partial charge in [0.2, 0.25) is 0 Å². The molecule has 2 amide bonds. The van der Waals surface area contributed by atoms with Gasteiger partial charge < -0.3 is 15.6 Å². The summed E-state index contributed by atoms with van der Waals surface area (Å²) in [4.78, 5) is 18.3. The molecule has 5 nitrogen and oxygen atoms in total. The zero-order valence-corrected chi connectivity index (χ0v) is 16.1. The molecule has 1 unspecified atom stereocenters. The predicted octanol–water partition coefficient (Wildman–Crippen LogP) is 3.29. The average molecular weight is 354 g/mol. The summed E-state index contributed by atoms with van der Waals surface area (Å²) >= 11 is 0. The van der Waals surface area contributed by atoms with Crippen molar-refractivity contribution in [1.29, 1.82) is 0 Å². The van der Waals surface area contributed by atoms with E-state index in [0.717, 1.165) is 32.4 Å². The van der Waals surface area contributed by atoms with Crippen molar-refractivity contribution in [1.82, 2.24) is 20.5 Å². The van der Waals surface area contributed by atoms with Crippen LogP contribution in [0.2, 0.25) is 0 Å². The molecule has 4 rings (SSSR count). The number of urea groups is 1. The van der Waals surface area contributed by atoms with Crippen LogP contribution >= 0.6 is 0 Å². The fourth-order valence-electron chi connectivity index (χ4n) is 5.11. The second-order valence-corrected chi connectivity index (χ2v) is 7.81. The number of nitrogens with one attached hydrogen (secondary N) is 3. The van der Waals surface area contributed by atoms with E-state index in [0.29, 0.717) is 18.5 Å². The van der Waals surface area contributed by atoms with Gasteiger partial charge in [-0.3, -0.25) is 4.90 Å². The molecule has 1 fully saturated rings. The first-order chi connectivity index (χ1) is 12.6. The molecule has 2 aromatic rings. The summed E-state index contributed by atoms with van der Waals surface area (Å²) in [5, 5.41) is 7.51. The first kappa shape index (κ1) is 17.4. The highest BCUT2D eigenvalue weighted by atomic mass is 16.2. The van der Waals surface area contributed by atoms with Crippen LogP contribution in [0, 0.1) is 6.92 Å². The van der Waals surface area contributed by atoms with Gasteiger partial charge in [0, 0.05) is 47.7 Å². The van der Waals surface area contributed by atoms with Crippen molar-refractivity contribution >= 4 is 16.9 Å². The Bertz CT molecular complexity index is 812. The third-order valence-corrected chi connectivity index (χ3v) is 6.10. The van der Waals surface area contributed by atoms with Crippen LogP contribution < -0.4 is 10.6 Å². The Kier molecular flexibility index (Phi) is 4.65. The topological polar surface area (TPSA) is 60.2 Å². The van der Waals surface area contributed by atoms with E-state index in [1.165, 1.54) is 27.7 Å². The van der Waals surface area contributed by atoms with Crippen molar-refractivity contribution in [2.75, 3.05) is 19.6 Å². The van der Waals surface area contributed by atoms with Gasteiger partial charge in [-0.1, -0.05) is 19.1 Å². The van der Waals surface area contributed by atoms with E-state index < -0.39 is 0 Å². The third kappa shape index (κ3) is 2.88. The lowest BCUT2D eigenvalue weighted by Crippen LogP contribution is -2.57. The molecule has 140 valence electrons. The molecule has 0 bridgehead atoms. The normalized spacial score (nSPS) is 25.1. The fraction of sp³-hybridized carbons (Fsp3) is 0.571. The molecular formula is C21H30N4O. The lowest BCUT2D eigenvalue weighted by molar-refractivity contribution is 0.101. The van der Waals surface area contributed by atoms with Crippen LogP contribution in [0.25, 0.3) is 10.9 Å². The van der Waals surface area contributed by atoms with E-state index in [2.05, 4.69) is 52.6 Å². The number of fused-ring (bicyclic) bond motifs is 2. The Morgan fingerprint density at radius 1 is 1.35 bits per heavy atom. The predicted molar refractivity (Wildman–Crippen MR) is 106 cm³/mol. The number of nitrogens with zero attached hydrogens (tertiary/aromatic N) is 1. The van der Waals surface area contributed by atoms with Crippen LogP contribution in [0.15, 0.2) is 18.2 Å². The highest BCUT2D eigenvalue weighted by Crippen LogP contribution is 2.44. The zero-order chi connectivity index (χ0) is 18.3. The van der Waals surface area contributed by atoms with Crippen LogP contribution in [-0.4, -0.2) is 47.6 Å². The minimum atomic E-state index is -0.0420. The van der Waals surface area contributed by atoms with E-state index in [4.69, 9.17) is 0 Å². The smallest absolute Gasteiger partial charge is 0.315 e. The van der Waals surface area contributed by atoms with Gasteiger partial charge in [-0.2, -0.15) is 0 Å². The monoisotopic (exact) mass is 354 g/mol. The minimum Gasteiger partial charge on any atom is -0.358 e. The number of benzene rings is 1. The van der Waals surface area contributed by atoms with Gasteiger partial charge in [0.15, 0.2) is 0 Å². The number of hydrogen-bond acceptors (Lipinski definition) is 2. The Morgan fingerprint density at radius 2 is 2.19 bits per heavy atom. The number of carbonyl (C=O) groups is 1. The second kappa shape index (κ2) is 6.95. The second-order valence-electron chi connectivity index (χ2n) is 7.81. The Hall–Kier alpha value is -2.01. The summed E-state index contributed by atoms with van der Waals surface area (Å²) in [7, 11) is 0. The number of H-pyrrole nitrogens is 1. The number of piperidine rings is 1. The van der Waals surface area contributed by atoms with E-state index in [-0.39, 0.29) is 12.1 Å². The molecule has 2 aliphatic rings. The van der Waals surface area contributed by atoms with Gasteiger partial charge in [-0.05, 0) is 56.8 Å². The summed E-state index contributed by atoms with van der Waals surface area (Å²) in [6, 6.07) is 7.35. The molecular weight excluding hydrogens is 324 g/mol. The first-order valence-corrected chi connectivity index (χ1v) is 10.0. The summed E-state index contributed by atoms with van der Waals surface area (Å²) in [6.45, 7) is 9.09. The van der Waals surface area contributed by atoms with Gasteiger partial charge in [0.25, 0.3) is 0 Å². The number of carbonyl (C=O) groups excluding carboxylic acids is 1. The standard InChI is InChI=1S/C21H30N4O/c1-4-9-25-12-14(24-21(26)22-5-2)10-17-15-7-6-8-18-20(15)16(11-19(17)25)13(3)23-18/h6-8,14,17,19,23H,4-5,9-12H2,1-3H3,(H2,22,24,26)/t14-,17?,19+/m0/s1. The van der Waals surface area contributed by atoms with Crippen molar-refractivity contribution in [3.63, 3.8) is 0 Å². The maximum Gasteiger partial charge on any atom is 0.315 e. The molecule has 1 saturated heterocycles. The average Bonchev–Trinajstić information content (AvgIpc) is 2.93.